The highest BCUT2D eigenvalue weighted by atomic mass is 19.1. The number of benzene rings is 1. The summed E-state index contributed by atoms with van der Waals surface area (Å²) in [7, 11) is 0. The van der Waals surface area contributed by atoms with Crippen molar-refractivity contribution in [2.45, 2.75) is 45.5 Å². The third-order valence-corrected chi connectivity index (χ3v) is 2.69. The van der Waals surface area contributed by atoms with Crippen molar-refractivity contribution in [1.29, 1.82) is 0 Å². The van der Waals surface area contributed by atoms with Gasteiger partial charge in [0.2, 0.25) is 0 Å². The zero-order chi connectivity index (χ0) is 16.2. The number of hydrogen-bond acceptors (Lipinski definition) is 4. The molecule has 0 aliphatic carbocycles. The normalized spacial score (nSPS) is 14.4. The maximum absolute atomic E-state index is 13.7. The summed E-state index contributed by atoms with van der Waals surface area (Å²) in [4.78, 5) is 11.4. The maximum Gasteiger partial charge on any atom is 0.407 e. The van der Waals surface area contributed by atoms with Crippen molar-refractivity contribution in [2.24, 2.45) is 0 Å². The van der Waals surface area contributed by atoms with Crippen molar-refractivity contribution in [3.63, 3.8) is 0 Å². The fourth-order valence-corrected chi connectivity index (χ4v) is 1.69. The summed E-state index contributed by atoms with van der Waals surface area (Å²) < 4.78 is 18.7. The van der Waals surface area contributed by atoms with E-state index in [1.165, 1.54) is 12.1 Å². The monoisotopic (exact) mass is 299 g/mol. The summed E-state index contributed by atoms with van der Waals surface area (Å²) in [6.07, 6.45) is -3.48. The van der Waals surface area contributed by atoms with E-state index >= 15 is 0 Å². The van der Waals surface area contributed by atoms with Crippen LogP contribution in [0, 0.1) is 12.7 Å². The van der Waals surface area contributed by atoms with Crippen molar-refractivity contribution in [3.05, 3.63) is 35.1 Å². The van der Waals surface area contributed by atoms with Gasteiger partial charge in [0.1, 0.15) is 23.6 Å². The second kappa shape index (κ2) is 6.87. The molecule has 1 aromatic carbocycles. The van der Waals surface area contributed by atoms with Crippen LogP contribution in [0.15, 0.2) is 18.2 Å². The van der Waals surface area contributed by atoms with Crippen molar-refractivity contribution >= 4 is 6.09 Å². The number of halogens is 1. The maximum atomic E-state index is 13.7. The van der Waals surface area contributed by atoms with Crippen LogP contribution in [0.2, 0.25) is 0 Å². The topological polar surface area (TPSA) is 78.8 Å². The fraction of sp³-hybridized carbons (Fsp3) is 0.533. The summed E-state index contributed by atoms with van der Waals surface area (Å²) in [6.45, 7) is 6.60. The molecular formula is C15H22FNO4. The molecule has 0 aliphatic rings. The second-order valence-corrected chi connectivity index (χ2v) is 5.92. The molecule has 1 amide bonds. The number of aryl methyl sites for hydroxylation is 1. The van der Waals surface area contributed by atoms with Gasteiger partial charge >= 0.3 is 6.09 Å². The molecule has 0 saturated heterocycles. The Morgan fingerprint density at radius 2 is 2.00 bits per heavy atom. The van der Waals surface area contributed by atoms with Gasteiger partial charge in [-0.05, 0) is 39.3 Å². The first-order valence-electron chi connectivity index (χ1n) is 6.69. The summed E-state index contributed by atoms with van der Waals surface area (Å²) in [5.74, 6) is -0.598. The Morgan fingerprint density at radius 1 is 1.38 bits per heavy atom. The highest BCUT2D eigenvalue weighted by Crippen LogP contribution is 2.21. The lowest BCUT2D eigenvalue weighted by molar-refractivity contribution is 0.0113. The van der Waals surface area contributed by atoms with Gasteiger partial charge in [-0.15, -0.1) is 0 Å². The molecule has 2 unspecified atom stereocenters. The standard InChI is InChI=1S/C15H22FNO4/c1-9-5-6-10(11(16)7-9)13(19)12(18)8-17-14(20)21-15(2,3)4/h5-7,12-13,18-19H,8H2,1-4H3,(H,17,20). The molecule has 0 bridgehead atoms. The van der Waals surface area contributed by atoms with E-state index in [1.54, 1.807) is 33.8 Å². The Hall–Kier alpha value is -1.66. The van der Waals surface area contributed by atoms with E-state index in [4.69, 9.17) is 4.74 Å². The predicted molar refractivity (Wildman–Crippen MR) is 76.3 cm³/mol. The molecule has 0 radical (unpaired) electrons. The van der Waals surface area contributed by atoms with Crippen molar-refractivity contribution in [1.82, 2.24) is 5.32 Å². The van der Waals surface area contributed by atoms with E-state index < -0.39 is 29.7 Å². The summed E-state index contributed by atoms with van der Waals surface area (Å²) in [5, 5.41) is 22.1. The van der Waals surface area contributed by atoms with Gasteiger partial charge in [0.05, 0.1) is 0 Å². The van der Waals surface area contributed by atoms with Crippen LogP contribution >= 0.6 is 0 Å². The number of aliphatic hydroxyl groups is 2. The lowest BCUT2D eigenvalue weighted by Crippen LogP contribution is -2.39. The first-order valence-corrected chi connectivity index (χ1v) is 6.69. The summed E-state index contributed by atoms with van der Waals surface area (Å²) in [5.41, 5.74) is 0.0420. The van der Waals surface area contributed by atoms with Crippen LogP contribution in [0.3, 0.4) is 0 Å². The molecule has 0 saturated carbocycles. The summed E-state index contributed by atoms with van der Waals surface area (Å²) in [6, 6.07) is 4.31. The van der Waals surface area contributed by atoms with Crippen LogP contribution < -0.4 is 5.32 Å². The molecule has 3 N–H and O–H groups in total. The van der Waals surface area contributed by atoms with Gasteiger partial charge in [-0.1, -0.05) is 12.1 Å². The third kappa shape index (κ3) is 5.69. The zero-order valence-corrected chi connectivity index (χ0v) is 12.7. The second-order valence-electron chi connectivity index (χ2n) is 5.92. The molecule has 0 aliphatic heterocycles. The average molecular weight is 299 g/mol. The molecule has 1 rings (SSSR count). The van der Waals surface area contributed by atoms with E-state index in [1.807, 2.05) is 0 Å². The van der Waals surface area contributed by atoms with E-state index in [0.29, 0.717) is 5.56 Å². The molecule has 118 valence electrons. The lowest BCUT2D eigenvalue weighted by Gasteiger charge is -2.22. The SMILES string of the molecule is Cc1ccc(C(O)C(O)CNC(=O)OC(C)(C)C)c(F)c1. The fourth-order valence-electron chi connectivity index (χ4n) is 1.69. The van der Waals surface area contributed by atoms with Crippen LogP contribution in [0.1, 0.15) is 38.0 Å². The quantitative estimate of drug-likeness (QED) is 0.795. The van der Waals surface area contributed by atoms with Crippen LogP contribution in [0.25, 0.3) is 0 Å². The molecule has 0 heterocycles. The van der Waals surface area contributed by atoms with E-state index in [2.05, 4.69) is 5.32 Å². The molecule has 0 aromatic heterocycles. The Bertz CT molecular complexity index is 499. The number of aliphatic hydroxyl groups excluding tert-OH is 2. The van der Waals surface area contributed by atoms with Gasteiger partial charge in [0.25, 0.3) is 0 Å². The van der Waals surface area contributed by atoms with Crippen molar-refractivity contribution < 1.29 is 24.1 Å². The van der Waals surface area contributed by atoms with Gasteiger partial charge in [0, 0.05) is 12.1 Å². The Labute approximate surface area is 123 Å². The molecule has 0 spiro atoms. The number of carbonyl (C=O) groups excluding carboxylic acids is 1. The molecule has 6 heteroatoms. The number of alkyl carbamates (subject to hydrolysis) is 1. The van der Waals surface area contributed by atoms with Crippen LogP contribution in [-0.2, 0) is 4.74 Å². The van der Waals surface area contributed by atoms with Crippen molar-refractivity contribution in [3.8, 4) is 0 Å². The smallest absolute Gasteiger partial charge is 0.407 e. The van der Waals surface area contributed by atoms with E-state index in [0.717, 1.165) is 0 Å². The number of hydrogen-bond donors (Lipinski definition) is 3. The number of carbonyl (C=O) groups is 1. The largest absolute Gasteiger partial charge is 0.444 e. The van der Waals surface area contributed by atoms with Crippen LogP contribution in [0.4, 0.5) is 9.18 Å². The minimum atomic E-state index is -1.43. The van der Waals surface area contributed by atoms with Crippen LogP contribution in [-0.4, -0.2) is 34.6 Å². The first kappa shape index (κ1) is 17.4. The minimum Gasteiger partial charge on any atom is -0.444 e. The van der Waals surface area contributed by atoms with E-state index in [-0.39, 0.29) is 12.1 Å². The molecule has 1 aromatic rings. The Balaban J connectivity index is 2.59. The molecule has 21 heavy (non-hydrogen) atoms. The molecular weight excluding hydrogens is 277 g/mol. The van der Waals surface area contributed by atoms with Crippen molar-refractivity contribution in [2.75, 3.05) is 6.54 Å². The Morgan fingerprint density at radius 3 is 2.52 bits per heavy atom. The molecule has 2 atom stereocenters. The minimum absolute atomic E-state index is 0.0147. The number of nitrogens with one attached hydrogen (secondary N) is 1. The zero-order valence-electron chi connectivity index (χ0n) is 12.7. The highest BCUT2D eigenvalue weighted by Gasteiger charge is 2.23. The average Bonchev–Trinajstić information content (AvgIpc) is 2.33. The highest BCUT2D eigenvalue weighted by molar-refractivity contribution is 5.67. The summed E-state index contributed by atoms with van der Waals surface area (Å²) >= 11 is 0. The van der Waals surface area contributed by atoms with Gasteiger partial charge < -0.3 is 20.3 Å². The van der Waals surface area contributed by atoms with Gasteiger partial charge in [-0.25, -0.2) is 9.18 Å². The number of amides is 1. The van der Waals surface area contributed by atoms with Gasteiger partial charge in [0.15, 0.2) is 0 Å². The number of ether oxygens (including phenoxy) is 1. The van der Waals surface area contributed by atoms with Gasteiger partial charge in [-0.3, -0.25) is 0 Å². The van der Waals surface area contributed by atoms with E-state index in [9.17, 15) is 19.4 Å². The Kier molecular flexibility index (Phi) is 5.69. The number of rotatable bonds is 4. The third-order valence-electron chi connectivity index (χ3n) is 2.69. The van der Waals surface area contributed by atoms with Gasteiger partial charge in [-0.2, -0.15) is 0 Å². The predicted octanol–water partition coefficient (Wildman–Crippen LogP) is 2.05. The molecule has 0 fully saturated rings. The molecule has 5 nitrogen and oxygen atoms in total. The first-order chi connectivity index (χ1) is 9.60. The lowest BCUT2D eigenvalue weighted by atomic mass is 10.0. The van der Waals surface area contributed by atoms with Crippen LogP contribution in [0.5, 0.6) is 0 Å².